The molecule has 1 fully saturated rings. The van der Waals surface area contributed by atoms with E-state index in [4.69, 9.17) is 9.84 Å². The maximum Gasteiger partial charge on any atom is 0.230 e. The van der Waals surface area contributed by atoms with Gasteiger partial charge in [-0.05, 0) is 38.0 Å². The van der Waals surface area contributed by atoms with E-state index < -0.39 is 0 Å². The van der Waals surface area contributed by atoms with Gasteiger partial charge in [0.1, 0.15) is 6.61 Å². The fourth-order valence-electron chi connectivity index (χ4n) is 2.76. The third-order valence-electron chi connectivity index (χ3n) is 3.99. The SMILES string of the molecule is CC1OC(C)C(C(=O)Nc2cccc(C#CCO)c2)C1C. The van der Waals surface area contributed by atoms with Crippen LogP contribution in [0, 0.1) is 23.7 Å². The molecule has 0 saturated carbocycles. The highest BCUT2D eigenvalue weighted by Crippen LogP contribution is 2.33. The van der Waals surface area contributed by atoms with Gasteiger partial charge in [0, 0.05) is 11.3 Å². The average molecular weight is 287 g/mol. The van der Waals surface area contributed by atoms with Crippen LogP contribution in [0.4, 0.5) is 5.69 Å². The Hall–Kier alpha value is -1.83. The zero-order valence-electron chi connectivity index (χ0n) is 12.6. The van der Waals surface area contributed by atoms with Crippen LogP contribution in [0.3, 0.4) is 0 Å². The fourth-order valence-corrected chi connectivity index (χ4v) is 2.76. The van der Waals surface area contributed by atoms with Crippen molar-refractivity contribution in [2.75, 3.05) is 11.9 Å². The second-order valence-electron chi connectivity index (χ2n) is 5.46. The summed E-state index contributed by atoms with van der Waals surface area (Å²) < 4.78 is 5.71. The van der Waals surface area contributed by atoms with Crippen molar-refractivity contribution >= 4 is 11.6 Å². The van der Waals surface area contributed by atoms with Crippen LogP contribution in [0.2, 0.25) is 0 Å². The monoisotopic (exact) mass is 287 g/mol. The van der Waals surface area contributed by atoms with Gasteiger partial charge in [0.05, 0.1) is 18.1 Å². The van der Waals surface area contributed by atoms with E-state index >= 15 is 0 Å². The molecular weight excluding hydrogens is 266 g/mol. The fraction of sp³-hybridized carbons (Fsp3) is 0.471. The van der Waals surface area contributed by atoms with Gasteiger partial charge >= 0.3 is 0 Å². The number of benzene rings is 1. The van der Waals surface area contributed by atoms with Crippen molar-refractivity contribution in [2.45, 2.75) is 33.0 Å². The summed E-state index contributed by atoms with van der Waals surface area (Å²) in [6.07, 6.45) is 0.0184. The van der Waals surface area contributed by atoms with E-state index in [2.05, 4.69) is 17.2 Å². The van der Waals surface area contributed by atoms with Crippen molar-refractivity contribution in [2.24, 2.45) is 11.8 Å². The van der Waals surface area contributed by atoms with Gasteiger partial charge in [-0.3, -0.25) is 4.79 Å². The molecule has 4 heteroatoms. The molecule has 1 aromatic rings. The number of ether oxygens (including phenoxy) is 1. The van der Waals surface area contributed by atoms with Gasteiger partial charge < -0.3 is 15.2 Å². The molecule has 1 amide bonds. The first-order valence-electron chi connectivity index (χ1n) is 7.19. The minimum absolute atomic E-state index is 0.0217. The number of nitrogens with one attached hydrogen (secondary N) is 1. The number of aliphatic hydroxyl groups is 1. The molecule has 4 atom stereocenters. The van der Waals surface area contributed by atoms with E-state index in [0.717, 1.165) is 5.56 Å². The number of carbonyl (C=O) groups excluding carboxylic acids is 1. The third-order valence-corrected chi connectivity index (χ3v) is 3.99. The summed E-state index contributed by atoms with van der Waals surface area (Å²) in [5, 5.41) is 11.6. The number of carbonyl (C=O) groups is 1. The lowest BCUT2D eigenvalue weighted by Gasteiger charge is -2.18. The molecule has 2 rings (SSSR count). The van der Waals surface area contributed by atoms with Crippen LogP contribution in [-0.4, -0.2) is 29.8 Å². The van der Waals surface area contributed by atoms with E-state index in [0.29, 0.717) is 5.69 Å². The van der Waals surface area contributed by atoms with Crippen molar-refractivity contribution in [3.8, 4) is 11.8 Å². The van der Waals surface area contributed by atoms with Gasteiger partial charge in [-0.1, -0.05) is 24.8 Å². The number of hydrogen-bond donors (Lipinski definition) is 2. The van der Waals surface area contributed by atoms with Crippen molar-refractivity contribution < 1.29 is 14.6 Å². The van der Waals surface area contributed by atoms with E-state index in [9.17, 15) is 4.79 Å². The Kier molecular flexibility index (Phi) is 5.00. The minimum Gasteiger partial charge on any atom is -0.384 e. The molecular formula is C17H21NO3. The van der Waals surface area contributed by atoms with Crippen LogP contribution in [0.5, 0.6) is 0 Å². The van der Waals surface area contributed by atoms with Crippen LogP contribution in [-0.2, 0) is 9.53 Å². The Morgan fingerprint density at radius 3 is 2.71 bits per heavy atom. The Bertz CT molecular complexity index is 573. The molecule has 0 aromatic heterocycles. The van der Waals surface area contributed by atoms with Gasteiger partial charge in [0.15, 0.2) is 0 Å². The summed E-state index contributed by atoms with van der Waals surface area (Å²) in [6, 6.07) is 7.30. The predicted octanol–water partition coefficient (Wildman–Crippen LogP) is 2.03. The first-order chi connectivity index (χ1) is 10.0. The lowest BCUT2D eigenvalue weighted by atomic mass is 9.89. The summed E-state index contributed by atoms with van der Waals surface area (Å²) in [4.78, 5) is 12.4. The molecule has 0 aliphatic carbocycles. The Morgan fingerprint density at radius 2 is 2.10 bits per heavy atom. The summed E-state index contributed by atoms with van der Waals surface area (Å²) in [5.74, 6) is 5.44. The third kappa shape index (κ3) is 3.63. The summed E-state index contributed by atoms with van der Waals surface area (Å²) in [7, 11) is 0. The van der Waals surface area contributed by atoms with E-state index in [1.54, 1.807) is 6.07 Å². The van der Waals surface area contributed by atoms with Crippen LogP contribution in [0.1, 0.15) is 26.3 Å². The molecule has 2 N–H and O–H groups in total. The van der Waals surface area contributed by atoms with Gasteiger partial charge in [0.2, 0.25) is 5.91 Å². The van der Waals surface area contributed by atoms with Crippen molar-refractivity contribution in [3.63, 3.8) is 0 Å². The number of rotatable bonds is 2. The molecule has 0 bridgehead atoms. The first kappa shape index (κ1) is 15.6. The quantitative estimate of drug-likeness (QED) is 0.818. The maximum absolute atomic E-state index is 12.4. The van der Waals surface area contributed by atoms with Crippen LogP contribution >= 0.6 is 0 Å². The average Bonchev–Trinajstić information content (AvgIpc) is 2.70. The molecule has 112 valence electrons. The lowest BCUT2D eigenvalue weighted by Crippen LogP contribution is -2.31. The van der Waals surface area contributed by atoms with Crippen molar-refractivity contribution in [1.82, 2.24) is 0 Å². The normalized spacial score (nSPS) is 27.8. The summed E-state index contributed by atoms with van der Waals surface area (Å²) in [6.45, 7) is 5.80. The molecule has 0 spiro atoms. The molecule has 1 aliphatic rings. The molecule has 1 aliphatic heterocycles. The Balaban J connectivity index is 2.09. The Labute approximate surface area is 125 Å². The standard InChI is InChI=1S/C17H21NO3/c1-11-12(2)21-13(3)16(11)17(20)18-15-8-4-6-14(10-15)7-5-9-19/h4,6,8,10-13,16,19H,9H2,1-3H3,(H,18,20). The van der Waals surface area contributed by atoms with Gasteiger partial charge in [0.25, 0.3) is 0 Å². The van der Waals surface area contributed by atoms with Gasteiger partial charge in [-0.25, -0.2) is 0 Å². The second-order valence-corrected chi connectivity index (χ2v) is 5.46. The smallest absolute Gasteiger partial charge is 0.230 e. The highest BCUT2D eigenvalue weighted by atomic mass is 16.5. The van der Waals surface area contributed by atoms with Gasteiger partial charge in [-0.2, -0.15) is 0 Å². The topological polar surface area (TPSA) is 58.6 Å². The number of amides is 1. The van der Waals surface area contributed by atoms with Crippen LogP contribution in [0.15, 0.2) is 24.3 Å². The lowest BCUT2D eigenvalue weighted by molar-refractivity contribution is -0.121. The first-order valence-corrected chi connectivity index (χ1v) is 7.19. The second kappa shape index (κ2) is 6.75. The molecule has 0 radical (unpaired) electrons. The highest BCUT2D eigenvalue weighted by Gasteiger charge is 2.41. The van der Waals surface area contributed by atoms with E-state index in [1.165, 1.54) is 0 Å². The molecule has 1 aromatic carbocycles. The summed E-state index contributed by atoms with van der Waals surface area (Å²) >= 11 is 0. The van der Waals surface area contributed by atoms with Crippen LogP contribution < -0.4 is 5.32 Å². The molecule has 1 saturated heterocycles. The largest absolute Gasteiger partial charge is 0.384 e. The molecule has 1 heterocycles. The minimum atomic E-state index is -0.178. The van der Waals surface area contributed by atoms with E-state index in [1.807, 2.05) is 39.0 Å². The molecule has 21 heavy (non-hydrogen) atoms. The number of anilines is 1. The van der Waals surface area contributed by atoms with Crippen molar-refractivity contribution in [3.05, 3.63) is 29.8 Å². The zero-order chi connectivity index (χ0) is 15.4. The van der Waals surface area contributed by atoms with Gasteiger partial charge in [-0.15, -0.1) is 0 Å². The highest BCUT2D eigenvalue weighted by molar-refractivity contribution is 5.93. The number of hydrogen-bond acceptors (Lipinski definition) is 3. The Morgan fingerprint density at radius 1 is 1.33 bits per heavy atom. The molecule has 4 unspecified atom stereocenters. The predicted molar refractivity (Wildman–Crippen MR) is 81.7 cm³/mol. The maximum atomic E-state index is 12.4. The number of aliphatic hydroxyl groups excluding tert-OH is 1. The van der Waals surface area contributed by atoms with Crippen LogP contribution in [0.25, 0.3) is 0 Å². The van der Waals surface area contributed by atoms with E-state index in [-0.39, 0.29) is 36.6 Å². The summed E-state index contributed by atoms with van der Waals surface area (Å²) in [5.41, 5.74) is 1.47. The zero-order valence-corrected chi connectivity index (χ0v) is 12.6. The molecule has 4 nitrogen and oxygen atoms in total. The van der Waals surface area contributed by atoms with Crippen molar-refractivity contribution in [1.29, 1.82) is 0 Å².